The topological polar surface area (TPSA) is 29.0 Å². The van der Waals surface area contributed by atoms with E-state index >= 15 is 0 Å². The molecule has 1 aliphatic heterocycles. The molecule has 18 heavy (non-hydrogen) atoms. The first-order valence-electron chi connectivity index (χ1n) is 6.33. The van der Waals surface area contributed by atoms with Crippen LogP contribution in [0.1, 0.15) is 19.8 Å². The van der Waals surface area contributed by atoms with Gasteiger partial charge in [0.2, 0.25) is 0 Å². The number of thiophene rings is 1. The van der Waals surface area contributed by atoms with Crippen molar-refractivity contribution in [3.05, 3.63) is 17.8 Å². The number of halogens is 1. The molecule has 1 unspecified atom stereocenters. The second-order valence-electron chi connectivity index (χ2n) is 4.84. The second-order valence-corrected chi connectivity index (χ2v) is 6.42. The lowest BCUT2D eigenvalue weighted by atomic mass is 9.94. The number of hydrogen-bond donors (Lipinski definition) is 0. The number of fused-ring (bicyclic) bond motifs is 1. The number of rotatable bonds is 2. The number of alkyl halides is 1. The van der Waals surface area contributed by atoms with Crippen molar-refractivity contribution in [2.45, 2.75) is 25.1 Å². The molecule has 2 aromatic heterocycles. The maximum Gasteiger partial charge on any atom is 0.140 e. The molecule has 0 aliphatic carbocycles. The van der Waals surface area contributed by atoms with Crippen LogP contribution in [0.5, 0.6) is 0 Å². The minimum Gasteiger partial charge on any atom is -0.356 e. The first kappa shape index (κ1) is 12.2. The lowest BCUT2D eigenvalue weighted by molar-refractivity contribution is 0.399. The molecule has 0 bridgehead atoms. The molecule has 1 atom stereocenters. The maximum atomic E-state index is 6.19. The van der Waals surface area contributed by atoms with E-state index in [-0.39, 0.29) is 5.38 Å². The predicted octanol–water partition coefficient (Wildman–Crippen LogP) is 3.54. The highest BCUT2D eigenvalue weighted by atomic mass is 35.5. The molecule has 0 saturated carbocycles. The standard InChI is InChI=1S/C13H16ClN3S/c1-9(14)10-2-5-17(6-3-10)12-11-4-7-18-13(11)16-8-15-12/h4,7-10H,2-3,5-6H2,1H3. The number of piperidine rings is 1. The van der Waals surface area contributed by atoms with E-state index in [1.165, 1.54) is 5.39 Å². The van der Waals surface area contributed by atoms with Gasteiger partial charge >= 0.3 is 0 Å². The van der Waals surface area contributed by atoms with Crippen LogP contribution in [0.3, 0.4) is 0 Å². The van der Waals surface area contributed by atoms with Crippen molar-refractivity contribution in [1.82, 2.24) is 9.97 Å². The fourth-order valence-electron chi connectivity index (χ4n) is 2.60. The number of aromatic nitrogens is 2. The lowest BCUT2D eigenvalue weighted by Gasteiger charge is -2.34. The molecular formula is C13H16ClN3S. The van der Waals surface area contributed by atoms with Crippen molar-refractivity contribution < 1.29 is 0 Å². The van der Waals surface area contributed by atoms with E-state index in [0.29, 0.717) is 5.92 Å². The van der Waals surface area contributed by atoms with Gasteiger partial charge < -0.3 is 4.90 Å². The van der Waals surface area contributed by atoms with Gasteiger partial charge in [-0.15, -0.1) is 22.9 Å². The van der Waals surface area contributed by atoms with Crippen LogP contribution in [0.15, 0.2) is 17.8 Å². The largest absolute Gasteiger partial charge is 0.356 e. The third kappa shape index (κ3) is 2.19. The summed E-state index contributed by atoms with van der Waals surface area (Å²) in [5, 5.41) is 3.54. The van der Waals surface area contributed by atoms with E-state index in [4.69, 9.17) is 11.6 Å². The molecule has 5 heteroatoms. The van der Waals surface area contributed by atoms with Crippen LogP contribution < -0.4 is 4.90 Å². The summed E-state index contributed by atoms with van der Waals surface area (Å²) >= 11 is 7.86. The van der Waals surface area contributed by atoms with E-state index in [9.17, 15) is 0 Å². The maximum absolute atomic E-state index is 6.19. The summed E-state index contributed by atoms with van der Waals surface area (Å²) in [4.78, 5) is 12.2. The second kappa shape index (κ2) is 5.02. The molecule has 1 aliphatic rings. The quantitative estimate of drug-likeness (QED) is 0.789. The van der Waals surface area contributed by atoms with E-state index in [2.05, 4.69) is 33.2 Å². The molecule has 0 N–H and O–H groups in total. The zero-order valence-corrected chi connectivity index (χ0v) is 11.9. The van der Waals surface area contributed by atoms with Crippen LogP contribution in [0, 0.1) is 5.92 Å². The van der Waals surface area contributed by atoms with Crippen molar-refractivity contribution in [3.63, 3.8) is 0 Å². The van der Waals surface area contributed by atoms with E-state index < -0.39 is 0 Å². The minimum absolute atomic E-state index is 0.277. The molecule has 1 fully saturated rings. The van der Waals surface area contributed by atoms with Crippen LogP contribution >= 0.6 is 22.9 Å². The van der Waals surface area contributed by atoms with E-state index in [1.807, 2.05) is 0 Å². The first-order valence-corrected chi connectivity index (χ1v) is 7.64. The Kier molecular flexibility index (Phi) is 3.39. The molecule has 3 heterocycles. The van der Waals surface area contributed by atoms with Crippen molar-refractivity contribution in [2.24, 2.45) is 5.92 Å². The summed E-state index contributed by atoms with van der Waals surface area (Å²) in [5.41, 5.74) is 0. The highest BCUT2D eigenvalue weighted by Gasteiger charge is 2.24. The van der Waals surface area contributed by atoms with Crippen LogP contribution in [0.4, 0.5) is 5.82 Å². The predicted molar refractivity (Wildman–Crippen MR) is 77.7 cm³/mol. The van der Waals surface area contributed by atoms with Gasteiger partial charge in [-0.05, 0) is 37.1 Å². The summed E-state index contributed by atoms with van der Waals surface area (Å²) in [7, 11) is 0. The molecule has 0 radical (unpaired) electrons. The summed E-state index contributed by atoms with van der Waals surface area (Å²) in [6.07, 6.45) is 3.98. The average molecular weight is 282 g/mol. The van der Waals surface area contributed by atoms with Crippen LogP contribution in [0.2, 0.25) is 0 Å². The Morgan fingerprint density at radius 3 is 2.89 bits per heavy atom. The van der Waals surface area contributed by atoms with Gasteiger partial charge in [0, 0.05) is 18.5 Å². The van der Waals surface area contributed by atoms with Gasteiger partial charge in [-0.1, -0.05) is 0 Å². The molecule has 2 aromatic rings. The average Bonchev–Trinajstić information content (AvgIpc) is 2.87. The highest BCUT2D eigenvalue weighted by molar-refractivity contribution is 7.16. The number of hydrogen-bond acceptors (Lipinski definition) is 4. The first-order chi connectivity index (χ1) is 8.75. The van der Waals surface area contributed by atoms with Gasteiger partial charge in [-0.25, -0.2) is 9.97 Å². The van der Waals surface area contributed by atoms with Crippen LogP contribution in [0.25, 0.3) is 10.2 Å². The van der Waals surface area contributed by atoms with Crippen molar-refractivity contribution in [2.75, 3.05) is 18.0 Å². The smallest absolute Gasteiger partial charge is 0.140 e. The number of anilines is 1. The van der Waals surface area contributed by atoms with E-state index in [1.54, 1.807) is 17.7 Å². The van der Waals surface area contributed by atoms with Crippen molar-refractivity contribution >= 4 is 39.0 Å². The summed E-state index contributed by atoms with van der Waals surface area (Å²) < 4.78 is 0. The van der Waals surface area contributed by atoms with Gasteiger partial charge in [0.25, 0.3) is 0 Å². The fraction of sp³-hybridized carbons (Fsp3) is 0.538. The molecule has 96 valence electrons. The Morgan fingerprint density at radius 1 is 1.39 bits per heavy atom. The van der Waals surface area contributed by atoms with Gasteiger partial charge in [0.15, 0.2) is 0 Å². The van der Waals surface area contributed by atoms with Crippen molar-refractivity contribution in [3.8, 4) is 0 Å². The minimum atomic E-state index is 0.277. The summed E-state index contributed by atoms with van der Waals surface area (Å²) in [6.45, 7) is 4.19. The number of nitrogens with zero attached hydrogens (tertiary/aromatic N) is 3. The third-order valence-corrected chi connectivity index (χ3v) is 4.91. The zero-order valence-electron chi connectivity index (χ0n) is 10.3. The highest BCUT2D eigenvalue weighted by Crippen LogP contribution is 2.31. The fourth-order valence-corrected chi connectivity index (χ4v) is 3.58. The van der Waals surface area contributed by atoms with Gasteiger partial charge in [0.05, 0.1) is 5.39 Å². The molecule has 3 nitrogen and oxygen atoms in total. The molecule has 1 saturated heterocycles. The van der Waals surface area contributed by atoms with Gasteiger partial charge in [-0.2, -0.15) is 0 Å². The third-order valence-electron chi connectivity index (χ3n) is 3.73. The Balaban J connectivity index is 1.82. The van der Waals surface area contributed by atoms with Gasteiger partial charge in [0.1, 0.15) is 17.0 Å². The monoisotopic (exact) mass is 281 g/mol. The lowest BCUT2D eigenvalue weighted by Crippen LogP contribution is -2.36. The Morgan fingerprint density at radius 2 is 2.17 bits per heavy atom. The summed E-state index contributed by atoms with van der Waals surface area (Å²) in [6, 6.07) is 2.12. The molecule has 0 amide bonds. The van der Waals surface area contributed by atoms with E-state index in [0.717, 1.165) is 36.6 Å². The van der Waals surface area contributed by atoms with Crippen LogP contribution in [-0.2, 0) is 0 Å². The summed E-state index contributed by atoms with van der Waals surface area (Å²) in [5.74, 6) is 1.73. The molecule has 3 rings (SSSR count). The molecular weight excluding hydrogens is 266 g/mol. The Hall–Kier alpha value is -0.870. The Bertz CT molecular complexity index is 532. The van der Waals surface area contributed by atoms with Crippen molar-refractivity contribution in [1.29, 1.82) is 0 Å². The zero-order chi connectivity index (χ0) is 12.5. The normalized spacial score (nSPS) is 19.3. The van der Waals surface area contributed by atoms with Crippen LogP contribution in [-0.4, -0.2) is 28.4 Å². The Labute approximate surface area is 116 Å². The molecule has 0 spiro atoms. The van der Waals surface area contributed by atoms with Gasteiger partial charge in [-0.3, -0.25) is 0 Å². The SMILES string of the molecule is CC(Cl)C1CCN(c2ncnc3sccc23)CC1. The molecule has 0 aromatic carbocycles.